The average molecular weight is 293 g/mol. The molecule has 0 aromatic carbocycles. The number of hydrogen-bond donors (Lipinski definition) is 1. The van der Waals surface area contributed by atoms with Gasteiger partial charge >= 0.3 is 5.69 Å². The molecule has 0 aliphatic rings. The molecule has 2 aromatic heterocycles. The Bertz CT molecular complexity index is 600. The third-order valence-corrected chi connectivity index (χ3v) is 3.63. The van der Waals surface area contributed by atoms with Gasteiger partial charge in [0.2, 0.25) is 11.8 Å². The van der Waals surface area contributed by atoms with E-state index in [1.165, 1.54) is 0 Å². The van der Waals surface area contributed by atoms with Crippen LogP contribution in [0.1, 0.15) is 18.7 Å². The van der Waals surface area contributed by atoms with Crippen LogP contribution in [-0.2, 0) is 6.54 Å². The summed E-state index contributed by atoms with van der Waals surface area (Å²) in [7, 11) is 0. The van der Waals surface area contributed by atoms with Crippen LogP contribution < -0.4 is 10.6 Å². The van der Waals surface area contributed by atoms with Crippen LogP contribution in [0.15, 0.2) is 23.7 Å². The minimum atomic E-state index is -0.488. The van der Waals surface area contributed by atoms with Crippen molar-refractivity contribution in [2.24, 2.45) is 0 Å². The van der Waals surface area contributed by atoms with Gasteiger partial charge in [-0.05, 0) is 25.3 Å². The van der Waals surface area contributed by atoms with Crippen LogP contribution in [0.2, 0.25) is 0 Å². The molecule has 0 saturated heterocycles. The van der Waals surface area contributed by atoms with Crippen LogP contribution in [0, 0.1) is 10.1 Å². The highest BCUT2D eigenvalue weighted by Crippen LogP contribution is 2.29. The van der Waals surface area contributed by atoms with Crippen LogP contribution in [0.25, 0.3) is 0 Å². The predicted octanol–water partition coefficient (Wildman–Crippen LogP) is 2.44. The molecule has 2 rings (SSSR count). The monoisotopic (exact) mass is 293 g/mol. The highest BCUT2D eigenvalue weighted by Gasteiger charge is 2.24. The number of thiophene rings is 1. The zero-order valence-corrected chi connectivity index (χ0v) is 12.0. The molecule has 0 radical (unpaired) electrons. The predicted molar refractivity (Wildman–Crippen MR) is 78.7 cm³/mol. The first-order valence-electron chi connectivity index (χ1n) is 6.05. The maximum atomic E-state index is 11.1. The third kappa shape index (κ3) is 3.02. The van der Waals surface area contributed by atoms with Gasteiger partial charge in [-0.25, -0.2) is 4.98 Å². The highest BCUT2D eigenvalue weighted by molar-refractivity contribution is 7.09. The molecule has 106 valence electrons. The first kappa shape index (κ1) is 14.2. The summed E-state index contributed by atoms with van der Waals surface area (Å²) in [5.74, 6) is 0.285. The molecule has 0 amide bonds. The van der Waals surface area contributed by atoms with E-state index in [9.17, 15) is 10.1 Å². The molecule has 0 aliphatic heterocycles. The quantitative estimate of drug-likeness (QED) is 0.671. The molecular formula is C12H15N5O2S. The molecule has 0 spiro atoms. The van der Waals surface area contributed by atoms with Gasteiger partial charge in [-0.1, -0.05) is 6.07 Å². The molecule has 0 aliphatic carbocycles. The smallest absolute Gasteiger partial charge is 0.329 e. The number of nitro groups is 1. The SMILES string of the molecule is CC(C)N(Cc1cccs1)c1nc(N)ncc1[N+](=O)[O-]. The zero-order chi connectivity index (χ0) is 14.7. The van der Waals surface area contributed by atoms with Crippen molar-refractivity contribution in [2.75, 3.05) is 10.6 Å². The number of nitrogens with two attached hydrogens (primary N) is 1. The van der Waals surface area contributed by atoms with E-state index < -0.39 is 4.92 Å². The van der Waals surface area contributed by atoms with Crippen LogP contribution in [-0.4, -0.2) is 20.9 Å². The van der Waals surface area contributed by atoms with Crippen molar-refractivity contribution in [3.05, 3.63) is 38.7 Å². The Morgan fingerprint density at radius 1 is 1.55 bits per heavy atom. The van der Waals surface area contributed by atoms with Gasteiger partial charge in [0.15, 0.2) is 0 Å². The van der Waals surface area contributed by atoms with Gasteiger partial charge < -0.3 is 10.6 Å². The fourth-order valence-electron chi connectivity index (χ4n) is 1.79. The van der Waals surface area contributed by atoms with Crippen LogP contribution >= 0.6 is 11.3 Å². The fourth-order valence-corrected chi connectivity index (χ4v) is 2.49. The summed E-state index contributed by atoms with van der Waals surface area (Å²) in [5, 5.41) is 13.1. The minimum Gasteiger partial charge on any atom is -0.368 e. The second-order valence-electron chi connectivity index (χ2n) is 4.50. The number of hydrogen-bond acceptors (Lipinski definition) is 7. The van der Waals surface area contributed by atoms with E-state index in [4.69, 9.17) is 5.73 Å². The van der Waals surface area contributed by atoms with Crippen molar-refractivity contribution in [3.8, 4) is 0 Å². The van der Waals surface area contributed by atoms with Gasteiger partial charge in [0.05, 0.1) is 11.5 Å². The van der Waals surface area contributed by atoms with E-state index in [0.29, 0.717) is 6.54 Å². The van der Waals surface area contributed by atoms with Gasteiger partial charge in [0.25, 0.3) is 0 Å². The molecule has 2 heterocycles. The molecule has 2 N–H and O–H groups in total. The first-order valence-corrected chi connectivity index (χ1v) is 6.93. The summed E-state index contributed by atoms with van der Waals surface area (Å²) in [4.78, 5) is 21.3. The fraction of sp³-hybridized carbons (Fsp3) is 0.333. The summed E-state index contributed by atoms with van der Waals surface area (Å²) in [5.41, 5.74) is 5.44. The lowest BCUT2D eigenvalue weighted by atomic mass is 10.2. The third-order valence-electron chi connectivity index (χ3n) is 2.77. The molecule has 2 aromatic rings. The summed E-state index contributed by atoms with van der Waals surface area (Å²) in [6, 6.07) is 3.97. The summed E-state index contributed by atoms with van der Waals surface area (Å²) < 4.78 is 0. The normalized spacial score (nSPS) is 10.8. The Kier molecular flexibility index (Phi) is 4.14. The number of aromatic nitrogens is 2. The maximum Gasteiger partial charge on any atom is 0.329 e. The van der Waals surface area contributed by atoms with Gasteiger partial charge in [0.1, 0.15) is 6.20 Å². The van der Waals surface area contributed by atoms with Gasteiger partial charge in [-0.3, -0.25) is 10.1 Å². The highest BCUT2D eigenvalue weighted by atomic mass is 32.1. The molecule has 8 heteroatoms. The van der Waals surface area contributed by atoms with Crippen molar-refractivity contribution >= 4 is 28.8 Å². The Morgan fingerprint density at radius 2 is 2.30 bits per heavy atom. The van der Waals surface area contributed by atoms with Gasteiger partial charge in [-0.2, -0.15) is 4.98 Å². The van der Waals surface area contributed by atoms with E-state index in [0.717, 1.165) is 11.1 Å². The molecular weight excluding hydrogens is 278 g/mol. The maximum absolute atomic E-state index is 11.1. The van der Waals surface area contributed by atoms with E-state index in [2.05, 4.69) is 9.97 Å². The second kappa shape index (κ2) is 5.83. The number of rotatable bonds is 5. The minimum absolute atomic E-state index is 0.0300. The standard InChI is InChI=1S/C12H15N5O2S/c1-8(2)16(7-9-4-3-5-20-9)11-10(17(18)19)6-14-12(13)15-11/h3-6,8H,7H2,1-2H3,(H2,13,14,15). The Morgan fingerprint density at radius 3 is 2.85 bits per heavy atom. The second-order valence-corrected chi connectivity index (χ2v) is 5.53. The summed E-state index contributed by atoms with van der Waals surface area (Å²) >= 11 is 1.60. The van der Waals surface area contributed by atoms with Gasteiger partial charge in [-0.15, -0.1) is 11.3 Å². The number of nitrogens with zero attached hydrogens (tertiary/aromatic N) is 4. The molecule has 7 nitrogen and oxygen atoms in total. The largest absolute Gasteiger partial charge is 0.368 e. The van der Waals surface area contributed by atoms with Crippen molar-refractivity contribution < 1.29 is 4.92 Å². The lowest BCUT2D eigenvalue weighted by Crippen LogP contribution is -2.31. The molecule has 0 fully saturated rings. The van der Waals surface area contributed by atoms with Crippen LogP contribution in [0.4, 0.5) is 17.5 Å². The number of anilines is 2. The van der Waals surface area contributed by atoms with Crippen molar-refractivity contribution in [2.45, 2.75) is 26.4 Å². The number of nitrogen functional groups attached to an aromatic ring is 1. The molecule has 20 heavy (non-hydrogen) atoms. The molecule has 0 unspecified atom stereocenters. The zero-order valence-electron chi connectivity index (χ0n) is 11.2. The van der Waals surface area contributed by atoms with Gasteiger partial charge in [0, 0.05) is 10.9 Å². The Balaban J connectivity index is 2.43. The molecule has 0 atom stereocenters. The lowest BCUT2D eigenvalue weighted by Gasteiger charge is -2.26. The summed E-state index contributed by atoms with van der Waals surface area (Å²) in [6.07, 6.45) is 1.15. The van der Waals surface area contributed by atoms with Crippen molar-refractivity contribution in [3.63, 3.8) is 0 Å². The first-order chi connectivity index (χ1) is 9.49. The van der Waals surface area contributed by atoms with Crippen molar-refractivity contribution in [1.82, 2.24) is 9.97 Å². The Labute approximate surface area is 120 Å². The average Bonchev–Trinajstić information content (AvgIpc) is 2.87. The topological polar surface area (TPSA) is 98.2 Å². The van der Waals surface area contributed by atoms with Crippen molar-refractivity contribution in [1.29, 1.82) is 0 Å². The molecule has 0 bridgehead atoms. The van der Waals surface area contributed by atoms with E-state index >= 15 is 0 Å². The van der Waals surface area contributed by atoms with E-state index in [1.54, 1.807) is 11.3 Å². The lowest BCUT2D eigenvalue weighted by molar-refractivity contribution is -0.384. The van der Waals surface area contributed by atoms with Crippen LogP contribution in [0.3, 0.4) is 0 Å². The van der Waals surface area contributed by atoms with Crippen LogP contribution in [0.5, 0.6) is 0 Å². The van der Waals surface area contributed by atoms with E-state index in [1.807, 2.05) is 36.3 Å². The Hall–Kier alpha value is -2.22. The summed E-state index contributed by atoms with van der Waals surface area (Å²) in [6.45, 7) is 4.46. The molecule has 0 saturated carbocycles. The van der Waals surface area contributed by atoms with E-state index in [-0.39, 0.29) is 23.5 Å².